The molecular weight excluding hydrogens is 318 g/mol. The van der Waals surface area contributed by atoms with E-state index in [2.05, 4.69) is 29.6 Å². The average molecular weight is 350 g/mol. The zero-order valence-electron chi connectivity index (χ0n) is 14.7. The van der Waals surface area contributed by atoms with Gasteiger partial charge >= 0.3 is 0 Å². The predicted octanol–water partition coefficient (Wildman–Crippen LogP) is 4.64. The van der Waals surface area contributed by atoms with Crippen LogP contribution >= 0.6 is 0 Å². The number of anilines is 1. The molecule has 0 bridgehead atoms. The molecule has 0 amide bonds. The number of ether oxygens (including phenoxy) is 1. The molecular formula is C20H31NO2S. The van der Waals surface area contributed by atoms with E-state index in [4.69, 9.17) is 4.74 Å². The largest absolute Gasteiger partial charge is 0.382 e. The molecule has 134 valence electrons. The first-order valence-corrected chi connectivity index (χ1v) is 11.0. The minimum absolute atomic E-state index is 0.306. The Morgan fingerprint density at radius 2 is 1.71 bits per heavy atom. The van der Waals surface area contributed by atoms with Crippen LogP contribution in [-0.4, -0.2) is 28.7 Å². The smallest absolute Gasteiger partial charge is 0.0489 e. The van der Waals surface area contributed by atoms with E-state index in [9.17, 15) is 4.21 Å². The van der Waals surface area contributed by atoms with E-state index in [1.165, 1.54) is 56.2 Å². The lowest BCUT2D eigenvalue weighted by Gasteiger charge is -2.23. The zero-order chi connectivity index (χ0) is 16.6. The molecule has 1 aliphatic heterocycles. The van der Waals surface area contributed by atoms with Gasteiger partial charge in [0, 0.05) is 46.7 Å². The van der Waals surface area contributed by atoms with E-state index < -0.39 is 10.8 Å². The highest BCUT2D eigenvalue weighted by Gasteiger charge is 2.20. The molecule has 1 aromatic rings. The highest BCUT2D eigenvalue weighted by molar-refractivity contribution is 7.84. The van der Waals surface area contributed by atoms with Crippen molar-refractivity contribution >= 4 is 16.5 Å². The van der Waals surface area contributed by atoms with E-state index >= 15 is 0 Å². The Morgan fingerprint density at radius 1 is 1.00 bits per heavy atom. The summed E-state index contributed by atoms with van der Waals surface area (Å²) < 4.78 is 18.0. The second kappa shape index (κ2) is 9.57. The third-order valence-electron chi connectivity index (χ3n) is 5.25. The zero-order valence-corrected chi connectivity index (χ0v) is 15.5. The van der Waals surface area contributed by atoms with Crippen molar-refractivity contribution in [3.05, 3.63) is 29.8 Å². The molecule has 1 aliphatic carbocycles. The Balaban J connectivity index is 1.55. The van der Waals surface area contributed by atoms with E-state index in [0.29, 0.717) is 17.0 Å². The summed E-state index contributed by atoms with van der Waals surface area (Å²) in [6, 6.07) is 9.17. The Morgan fingerprint density at radius 3 is 2.46 bits per heavy atom. The quantitative estimate of drug-likeness (QED) is 0.841. The molecule has 1 aromatic carbocycles. The minimum atomic E-state index is -0.785. The molecule has 24 heavy (non-hydrogen) atoms. The summed E-state index contributed by atoms with van der Waals surface area (Å²) in [7, 11) is -0.785. The van der Waals surface area contributed by atoms with Gasteiger partial charge in [-0.1, -0.05) is 44.2 Å². The van der Waals surface area contributed by atoms with Gasteiger partial charge in [0.15, 0.2) is 0 Å². The Kier molecular flexibility index (Phi) is 7.15. The van der Waals surface area contributed by atoms with Crippen LogP contribution < -0.4 is 5.32 Å². The first-order valence-electron chi connectivity index (χ1n) is 9.61. The highest BCUT2D eigenvalue weighted by atomic mass is 32.2. The van der Waals surface area contributed by atoms with E-state index in [1.807, 2.05) is 0 Å². The molecule has 2 fully saturated rings. The standard InChI is InChI=1S/C20H31NO2S/c22-24(20-11-13-23-14-12-20)16-17-7-6-10-19(15-17)21-18-8-4-2-1-3-5-9-18/h6-7,10,15,18,20-21H,1-5,8-9,11-14,16H2/t24-/m0/s1. The lowest BCUT2D eigenvalue weighted by atomic mass is 9.96. The molecule has 0 aromatic heterocycles. The highest BCUT2D eigenvalue weighted by Crippen LogP contribution is 2.23. The van der Waals surface area contributed by atoms with Crippen molar-refractivity contribution in [2.24, 2.45) is 0 Å². The molecule has 0 spiro atoms. The van der Waals surface area contributed by atoms with Crippen LogP contribution in [-0.2, 0) is 21.3 Å². The Bertz CT molecular complexity index is 520. The molecule has 4 heteroatoms. The van der Waals surface area contributed by atoms with E-state index in [1.54, 1.807) is 0 Å². The third kappa shape index (κ3) is 5.59. The summed E-state index contributed by atoms with van der Waals surface area (Å²) in [6.45, 7) is 1.53. The number of rotatable bonds is 5. The molecule has 1 N–H and O–H groups in total. The molecule has 1 atom stereocenters. The maximum atomic E-state index is 12.6. The van der Waals surface area contributed by atoms with Crippen molar-refractivity contribution in [2.45, 2.75) is 74.8 Å². The van der Waals surface area contributed by atoms with Crippen molar-refractivity contribution in [3.63, 3.8) is 0 Å². The van der Waals surface area contributed by atoms with Gasteiger partial charge in [0.2, 0.25) is 0 Å². The van der Waals surface area contributed by atoms with Crippen LogP contribution in [0.1, 0.15) is 63.4 Å². The van der Waals surface area contributed by atoms with Gasteiger partial charge in [0.05, 0.1) is 0 Å². The predicted molar refractivity (Wildman–Crippen MR) is 102 cm³/mol. The summed E-state index contributed by atoms with van der Waals surface area (Å²) in [5.74, 6) is 0.671. The van der Waals surface area contributed by atoms with Crippen LogP contribution in [0.5, 0.6) is 0 Å². The number of nitrogens with one attached hydrogen (secondary N) is 1. The minimum Gasteiger partial charge on any atom is -0.382 e. The van der Waals surface area contributed by atoms with E-state index in [-0.39, 0.29) is 0 Å². The summed E-state index contributed by atoms with van der Waals surface area (Å²) >= 11 is 0. The summed E-state index contributed by atoms with van der Waals surface area (Å²) in [5.41, 5.74) is 2.39. The van der Waals surface area contributed by atoms with Gasteiger partial charge in [-0.25, -0.2) is 0 Å². The maximum absolute atomic E-state index is 12.6. The molecule has 0 unspecified atom stereocenters. The first kappa shape index (κ1) is 17.9. The first-order chi connectivity index (χ1) is 11.8. The van der Waals surface area contributed by atoms with Crippen LogP contribution in [0.3, 0.4) is 0 Å². The average Bonchev–Trinajstić information content (AvgIpc) is 2.58. The monoisotopic (exact) mass is 349 g/mol. The topological polar surface area (TPSA) is 38.3 Å². The number of hydrogen-bond acceptors (Lipinski definition) is 3. The fourth-order valence-electron chi connectivity index (χ4n) is 3.81. The second-order valence-corrected chi connectivity index (χ2v) is 8.94. The molecule has 0 radical (unpaired) electrons. The van der Waals surface area contributed by atoms with Gasteiger partial charge in [0.25, 0.3) is 0 Å². The number of hydrogen-bond donors (Lipinski definition) is 1. The van der Waals surface area contributed by atoms with Crippen LogP contribution in [0.15, 0.2) is 24.3 Å². The summed E-state index contributed by atoms with van der Waals surface area (Å²) in [6.07, 6.45) is 11.3. The van der Waals surface area contributed by atoms with Crippen molar-refractivity contribution in [1.29, 1.82) is 0 Å². The lowest BCUT2D eigenvalue weighted by molar-refractivity contribution is 0.0992. The van der Waals surface area contributed by atoms with Gasteiger partial charge in [-0.3, -0.25) is 4.21 Å². The van der Waals surface area contributed by atoms with Gasteiger partial charge in [-0.05, 0) is 43.4 Å². The fraction of sp³-hybridized carbons (Fsp3) is 0.700. The van der Waals surface area contributed by atoms with Crippen molar-refractivity contribution in [1.82, 2.24) is 0 Å². The van der Waals surface area contributed by atoms with Gasteiger partial charge in [-0.15, -0.1) is 0 Å². The lowest BCUT2D eigenvalue weighted by Crippen LogP contribution is -2.25. The molecule has 1 heterocycles. The fourth-order valence-corrected chi connectivity index (χ4v) is 5.27. The molecule has 2 aliphatic rings. The summed E-state index contributed by atoms with van der Waals surface area (Å²) in [5, 5.41) is 4.03. The summed E-state index contributed by atoms with van der Waals surface area (Å²) in [4.78, 5) is 0. The van der Waals surface area contributed by atoms with Crippen LogP contribution in [0.25, 0.3) is 0 Å². The molecule has 1 saturated heterocycles. The van der Waals surface area contributed by atoms with Crippen molar-refractivity contribution in [3.8, 4) is 0 Å². The second-order valence-electron chi connectivity index (χ2n) is 7.22. The Hall–Kier alpha value is -0.870. The van der Waals surface area contributed by atoms with Crippen LogP contribution in [0, 0.1) is 0 Å². The molecule has 3 rings (SSSR count). The van der Waals surface area contributed by atoms with Crippen molar-refractivity contribution < 1.29 is 8.95 Å². The van der Waals surface area contributed by atoms with Crippen LogP contribution in [0.2, 0.25) is 0 Å². The third-order valence-corrected chi connectivity index (χ3v) is 7.08. The maximum Gasteiger partial charge on any atom is 0.0489 e. The van der Waals surface area contributed by atoms with Gasteiger partial charge < -0.3 is 10.1 Å². The van der Waals surface area contributed by atoms with Crippen LogP contribution in [0.4, 0.5) is 5.69 Å². The normalized spacial score (nSPS) is 22.5. The SMILES string of the molecule is O=[S@@](Cc1cccc(NC2CCCCCCC2)c1)C1CCOCC1. The Labute approximate surface area is 149 Å². The molecule has 1 saturated carbocycles. The van der Waals surface area contributed by atoms with Crippen molar-refractivity contribution in [2.75, 3.05) is 18.5 Å². The van der Waals surface area contributed by atoms with Gasteiger partial charge in [-0.2, -0.15) is 0 Å². The molecule has 3 nitrogen and oxygen atoms in total. The van der Waals surface area contributed by atoms with E-state index in [0.717, 1.165) is 26.1 Å². The van der Waals surface area contributed by atoms with Gasteiger partial charge in [0.1, 0.15) is 0 Å². The number of benzene rings is 1.